The molecule has 2 aromatic carbocycles. The lowest BCUT2D eigenvalue weighted by atomic mass is 10.0. The third kappa shape index (κ3) is 4.54. The van der Waals surface area contributed by atoms with Gasteiger partial charge in [0.25, 0.3) is 0 Å². The highest BCUT2D eigenvalue weighted by Gasteiger charge is 2.31. The zero-order valence-electron chi connectivity index (χ0n) is 11.2. The molecule has 2 aromatic rings. The molecule has 1 nitrogen and oxygen atoms in total. The maximum absolute atomic E-state index is 12.6. The first kappa shape index (κ1) is 17.5. The van der Waals surface area contributed by atoms with E-state index >= 15 is 0 Å². The second-order valence-electron chi connectivity index (χ2n) is 4.52. The lowest BCUT2D eigenvalue weighted by molar-refractivity contribution is -0.153. The van der Waals surface area contributed by atoms with Gasteiger partial charge >= 0.3 is 12.4 Å². The smallest absolute Gasteiger partial charge is 0.422 e. The third-order valence-electron chi connectivity index (χ3n) is 2.80. The Kier molecular flexibility index (Phi) is 4.79. The SMILES string of the molecule is FC(F)(F)COc1c[c]cc(Cl)c1-c1ccc(C(F)(F)F)cc1. The van der Waals surface area contributed by atoms with Crippen LogP contribution in [0.4, 0.5) is 26.3 Å². The van der Waals surface area contributed by atoms with E-state index in [0.717, 1.165) is 30.3 Å². The zero-order valence-corrected chi connectivity index (χ0v) is 12.0. The summed E-state index contributed by atoms with van der Waals surface area (Å²) in [5.74, 6) is -0.213. The molecule has 0 fully saturated rings. The van der Waals surface area contributed by atoms with E-state index in [1.165, 1.54) is 6.07 Å². The summed E-state index contributed by atoms with van der Waals surface area (Å²) in [5.41, 5.74) is -0.602. The summed E-state index contributed by atoms with van der Waals surface area (Å²) in [6, 6.07) is 8.80. The van der Waals surface area contributed by atoms with Crippen molar-refractivity contribution < 1.29 is 31.1 Å². The molecule has 1 radical (unpaired) electrons. The van der Waals surface area contributed by atoms with Crippen LogP contribution in [0.5, 0.6) is 5.75 Å². The largest absolute Gasteiger partial charge is 0.483 e. The number of rotatable bonds is 3. The molecule has 0 amide bonds. The predicted molar refractivity (Wildman–Crippen MR) is 72.3 cm³/mol. The van der Waals surface area contributed by atoms with Crippen LogP contribution in [0.2, 0.25) is 5.02 Å². The normalized spacial score (nSPS) is 12.3. The third-order valence-corrected chi connectivity index (χ3v) is 3.10. The molecule has 0 saturated heterocycles. The summed E-state index contributed by atoms with van der Waals surface area (Å²) in [4.78, 5) is 0. The fourth-order valence-electron chi connectivity index (χ4n) is 1.83. The molecule has 0 aliphatic rings. The van der Waals surface area contributed by atoms with Crippen molar-refractivity contribution in [3.8, 4) is 16.9 Å². The fraction of sp³-hybridized carbons (Fsp3) is 0.200. The molecule has 0 spiro atoms. The Labute approximate surface area is 132 Å². The number of ether oxygens (including phenoxy) is 1. The van der Waals surface area contributed by atoms with Gasteiger partial charge in [0.1, 0.15) is 5.75 Å². The predicted octanol–water partition coefficient (Wildman–Crippen LogP) is 5.77. The van der Waals surface area contributed by atoms with Gasteiger partial charge in [-0.05, 0) is 35.9 Å². The first-order valence-corrected chi connectivity index (χ1v) is 6.52. The standard InChI is InChI=1S/C15H8ClF6O/c16-11-2-1-3-12(23-8-14(17,18)19)13(11)9-4-6-10(7-5-9)15(20,21)22/h2-7H,8H2. The molecule has 0 atom stereocenters. The highest BCUT2D eigenvalue weighted by atomic mass is 35.5. The van der Waals surface area contributed by atoms with Gasteiger partial charge in [-0.25, -0.2) is 0 Å². The molecule has 0 heterocycles. The summed E-state index contributed by atoms with van der Waals surface area (Å²) >= 11 is 5.93. The molecule has 8 heteroatoms. The van der Waals surface area contributed by atoms with Crippen molar-refractivity contribution in [3.63, 3.8) is 0 Å². The van der Waals surface area contributed by atoms with Gasteiger partial charge in [-0.15, -0.1) is 0 Å². The number of hydrogen-bond donors (Lipinski definition) is 0. The Morgan fingerprint density at radius 2 is 1.57 bits per heavy atom. The topological polar surface area (TPSA) is 9.23 Å². The highest BCUT2D eigenvalue weighted by molar-refractivity contribution is 6.33. The number of hydrogen-bond acceptors (Lipinski definition) is 1. The van der Waals surface area contributed by atoms with Crippen molar-refractivity contribution in [1.29, 1.82) is 0 Å². The van der Waals surface area contributed by atoms with E-state index in [4.69, 9.17) is 11.6 Å². The lowest BCUT2D eigenvalue weighted by Gasteiger charge is -2.15. The summed E-state index contributed by atoms with van der Waals surface area (Å²) in [7, 11) is 0. The second-order valence-corrected chi connectivity index (χ2v) is 4.93. The average molecular weight is 354 g/mol. The minimum Gasteiger partial charge on any atom is -0.483 e. The van der Waals surface area contributed by atoms with Gasteiger partial charge in [0.15, 0.2) is 6.61 Å². The van der Waals surface area contributed by atoms with E-state index < -0.39 is 24.5 Å². The van der Waals surface area contributed by atoms with Crippen LogP contribution in [-0.2, 0) is 6.18 Å². The Balaban J connectivity index is 2.38. The van der Waals surface area contributed by atoms with Crippen molar-refractivity contribution in [2.24, 2.45) is 0 Å². The van der Waals surface area contributed by atoms with E-state index in [2.05, 4.69) is 10.8 Å². The van der Waals surface area contributed by atoms with E-state index in [1.807, 2.05) is 0 Å². The van der Waals surface area contributed by atoms with Gasteiger partial charge in [-0.1, -0.05) is 23.7 Å². The van der Waals surface area contributed by atoms with E-state index in [9.17, 15) is 26.3 Å². The van der Waals surface area contributed by atoms with Crippen LogP contribution in [0.3, 0.4) is 0 Å². The van der Waals surface area contributed by atoms with Gasteiger partial charge < -0.3 is 4.74 Å². The second kappa shape index (κ2) is 6.31. The molecular weight excluding hydrogens is 346 g/mol. The molecule has 0 aromatic heterocycles. The van der Waals surface area contributed by atoms with Gasteiger partial charge in [0.05, 0.1) is 10.6 Å². The van der Waals surface area contributed by atoms with Crippen molar-refractivity contribution in [3.05, 3.63) is 53.1 Å². The van der Waals surface area contributed by atoms with Crippen LogP contribution in [0.1, 0.15) is 5.56 Å². The van der Waals surface area contributed by atoms with Crippen molar-refractivity contribution in [2.75, 3.05) is 6.61 Å². The van der Waals surface area contributed by atoms with E-state index in [0.29, 0.717) is 0 Å². The van der Waals surface area contributed by atoms with Crippen molar-refractivity contribution in [2.45, 2.75) is 12.4 Å². The first-order chi connectivity index (χ1) is 10.6. The Morgan fingerprint density at radius 3 is 2.09 bits per heavy atom. The molecule has 0 aliphatic heterocycles. The van der Waals surface area contributed by atoms with Crippen LogP contribution < -0.4 is 4.74 Å². The summed E-state index contributed by atoms with van der Waals surface area (Å²) < 4.78 is 79.1. The Hall–Kier alpha value is -1.89. The lowest BCUT2D eigenvalue weighted by Crippen LogP contribution is -2.19. The minimum absolute atomic E-state index is 0.0180. The number of benzene rings is 2. The van der Waals surface area contributed by atoms with Crippen molar-refractivity contribution in [1.82, 2.24) is 0 Å². The Bertz CT molecular complexity index is 676. The maximum Gasteiger partial charge on any atom is 0.422 e. The quantitative estimate of drug-likeness (QED) is 0.637. The summed E-state index contributed by atoms with van der Waals surface area (Å²) in [6.07, 6.45) is -9.07. The number of halogens is 7. The average Bonchev–Trinajstić information content (AvgIpc) is 2.43. The molecule has 0 unspecified atom stereocenters. The molecule has 0 saturated carbocycles. The van der Waals surface area contributed by atoms with Crippen LogP contribution in [0.15, 0.2) is 36.4 Å². The monoisotopic (exact) mass is 353 g/mol. The molecule has 0 aliphatic carbocycles. The van der Waals surface area contributed by atoms with Crippen LogP contribution >= 0.6 is 11.6 Å². The van der Waals surface area contributed by atoms with Gasteiger partial charge in [-0.3, -0.25) is 0 Å². The maximum atomic E-state index is 12.6. The Morgan fingerprint density at radius 1 is 0.957 bits per heavy atom. The zero-order chi connectivity index (χ0) is 17.3. The van der Waals surface area contributed by atoms with Crippen molar-refractivity contribution >= 4 is 11.6 Å². The molecule has 0 bridgehead atoms. The molecule has 123 valence electrons. The fourth-order valence-corrected chi connectivity index (χ4v) is 2.10. The molecule has 23 heavy (non-hydrogen) atoms. The molecule has 0 N–H and O–H groups in total. The highest BCUT2D eigenvalue weighted by Crippen LogP contribution is 2.38. The molecular formula is C15H8ClF6O. The van der Waals surface area contributed by atoms with E-state index in [-0.39, 0.29) is 21.9 Å². The van der Waals surface area contributed by atoms with Crippen LogP contribution in [0.25, 0.3) is 11.1 Å². The van der Waals surface area contributed by atoms with Gasteiger partial charge in [-0.2, -0.15) is 26.3 Å². The summed E-state index contributed by atoms with van der Waals surface area (Å²) in [6.45, 7) is -1.55. The molecule has 2 rings (SSSR count). The first-order valence-electron chi connectivity index (χ1n) is 6.15. The van der Waals surface area contributed by atoms with Crippen LogP contribution in [-0.4, -0.2) is 12.8 Å². The van der Waals surface area contributed by atoms with Crippen LogP contribution in [0, 0.1) is 6.07 Å². The van der Waals surface area contributed by atoms with E-state index in [1.54, 1.807) is 0 Å². The van der Waals surface area contributed by atoms with Gasteiger partial charge in [0, 0.05) is 5.56 Å². The minimum atomic E-state index is -4.56. The summed E-state index contributed by atoms with van der Waals surface area (Å²) in [5, 5.41) is 0.0180. The van der Waals surface area contributed by atoms with Gasteiger partial charge in [0.2, 0.25) is 0 Å². The number of alkyl halides is 6.